The second-order valence-electron chi connectivity index (χ2n) is 3.48. The summed E-state index contributed by atoms with van der Waals surface area (Å²) in [6, 6.07) is -0.741. The number of hydrogen-bond acceptors (Lipinski definition) is 3. The summed E-state index contributed by atoms with van der Waals surface area (Å²) in [5.74, 6) is -0.498. The minimum absolute atomic E-state index is 0.261. The van der Waals surface area contributed by atoms with Crippen LogP contribution >= 0.6 is 0 Å². The van der Waals surface area contributed by atoms with Crippen LogP contribution in [0, 0.1) is 5.41 Å². The van der Waals surface area contributed by atoms with Crippen molar-refractivity contribution in [1.82, 2.24) is 5.32 Å². The summed E-state index contributed by atoms with van der Waals surface area (Å²) >= 11 is 0. The number of ether oxygens (including phenoxy) is 1. The second kappa shape index (κ2) is 2.66. The van der Waals surface area contributed by atoms with Gasteiger partial charge in [0, 0.05) is 5.41 Å². The SMILES string of the molecule is CC1(C)COC(=O)C1NC(=O)O. The Balaban J connectivity index is 2.71. The van der Waals surface area contributed by atoms with Crippen LogP contribution in [0.15, 0.2) is 0 Å². The van der Waals surface area contributed by atoms with Crippen LogP contribution in [0.1, 0.15) is 13.8 Å². The van der Waals surface area contributed by atoms with Crippen LogP contribution in [0.2, 0.25) is 0 Å². The molecule has 5 heteroatoms. The van der Waals surface area contributed by atoms with E-state index in [9.17, 15) is 9.59 Å². The largest absolute Gasteiger partial charge is 0.465 e. The Morgan fingerprint density at radius 2 is 2.33 bits per heavy atom. The Morgan fingerprint density at radius 3 is 2.67 bits per heavy atom. The van der Waals surface area contributed by atoms with Gasteiger partial charge in [0.25, 0.3) is 0 Å². The van der Waals surface area contributed by atoms with E-state index in [0.29, 0.717) is 0 Å². The fourth-order valence-corrected chi connectivity index (χ4v) is 1.12. The maximum absolute atomic E-state index is 11.0. The molecule has 0 aromatic carbocycles. The number of esters is 1. The van der Waals surface area contributed by atoms with Gasteiger partial charge in [-0.05, 0) is 0 Å². The highest BCUT2D eigenvalue weighted by Crippen LogP contribution is 2.28. The number of carbonyl (C=O) groups excluding carboxylic acids is 1. The third-order valence-electron chi connectivity index (χ3n) is 1.87. The topological polar surface area (TPSA) is 75.6 Å². The van der Waals surface area contributed by atoms with Crippen molar-refractivity contribution >= 4 is 12.1 Å². The summed E-state index contributed by atoms with van der Waals surface area (Å²) in [6.45, 7) is 3.81. The van der Waals surface area contributed by atoms with E-state index < -0.39 is 23.5 Å². The van der Waals surface area contributed by atoms with Crippen molar-refractivity contribution in [3.05, 3.63) is 0 Å². The van der Waals surface area contributed by atoms with E-state index in [4.69, 9.17) is 9.84 Å². The lowest BCUT2D eigenvalue weighted by Crippen LogP contribution is -2.45. The standard InChI is InChI=1S/C7H11NO4/c1-7(2)3-12-5(9)4(7)8-6(10)11/h4,8H,3H2,1-2H3,(H,10,11). The number of cyclic esters (lactones) is 1. The molecule has 1 aliphatic heterocycles. The molecule has 0 bridgehead atoms. The predicted molar refractivity (Wildman–Crippen MR) is 39.7 cm³/mol. The van der Waals surface area contributed by atoms with Crippen molar-refractivity contribution in [2.45, 2.75) is 19.9 Å². The molecule has 0 saturated carbocycles. The third-order valence-corrected chi connectivity index (χ3v) is 1.87. The molecule has 2 N–H and O–H groups in total. The molecule has 0 aliphatic carbocycles. The van der Waals surface area contributed by atoms with Crippen LogP contribution in [-0.4, -0.2) is 29.8 Å². The van der Waals surface area contributed by atoms with Gasteiger partial charge in [-0.15, -0.1) is 0 Å². The van der Waals surface area contributed by atoms with Crippen molar-refractivity contribution < 1.29 is 19.4 Å². The monoisotopic (exact) mass is 173 g/mol. The molecule has 12 heavy (non-hydrogen) atoms. The lowest BCUT2D eigenvalue weighted by molar-refractivity contribution is -0.139. The van der Waals surface area contributed by atoms with Gasteiger partial charge in [0.15, 0.2) is 0 Å². The highest BCUT2D eigenvalue weighted by atomic mass is 16.5. The van der Waals surface area contributed by atoms with E-state index in [0.717, 1.165) is 0 Å². The Bertz CT molecular complexity index is 223. The zero-order valence-electron chi connectivity index (χ0n) is 6.96. The molecule has 68 valence electrons. The fraction of sp³-hybridized carbons (Fsp3) is 0.714. The maximum atomic E-state index is 11.0. The van der Waals surface area contributed by atoms with Gasteiger partial charge in [-0.2, -0.15) is 0 Å². The first kappa shape index (κ1) is 8.83. The molecular formula is C7H11NO4. The molecule has 0 spiro atoms. The highest BCUT2D eigenvalue weighted by molar-refractivity contribution is 5.83. The van der Waals surface area contributed by atoms with Crippen molar-refractivity contribution in [1.29, 1.82) is 0 Å². The molecule has 1 saturated heterocycles. The quantitative estimate of drug-likeness (QED) is 0.555. The Hall–Kier alpha value is -1.26. The molecule has 0 aromatic rings. The first-order valence-corrected chi connectivity index (χ1v) is 3.59. The first-order chi connectivity index (χ1) is 5.43. The smallest absolute Gasteiger partial charge is 0.405 e. The summed E-state index contributed by atoms with van der Waals surface area (Å²) in [7, 11) is 0. The van der Waals surface area contributed by atoms with Gasteiger partial charge >= 0.3 is 12.1 Å². The van der Waals surface area contributed by atoms with E-state index in [2.05, 4.69) is 5.32 Å². The number of carboxylic acid groups (broad SMARTS) is 1. The fourth-order valence-electron chi connectivity index (χ4n) is 1.12. The average molecular weight is 173 g/mol. The van der Waals surface area contributed by atoms with Gasteiger partial charge < -0.3 is 15.2 Å². The van der Waals surface area contributed by atoms with E-state index in [1.807, 2.05) is 0 Å². The average Bonchev–Trinajstić information content (AvgIpc) is 2.15. The van der Waals surface area contributed by atoms with Crippen LogP contribution in [-0.2, 0) is 9.53 Å². The van der Waals surface area contributed by atoms with Gasteiger partial charge in [-0.25, -0.2) is 9.59 Å². The molecule has 5 nitrogen and oxygen atoms in total. The third kappa shape index (κ3) is 1.49. The molecule has 1 aliphatic rings. The molecule has 0 aromatic heterocycles. The van der Waals surface area contributed by atoms with Gasteiger partial charge in [-0.3, -0.25) is 0 Å². The maximum Gasteiger partial charge on any atom is 0.405 e. The first-order valence-electron chi connectivity index (χ1n) is 3.59. The molecule has 1 atom stereocenters. The normalized spacial score (nSPS) is 26.5. The van der Waals surface area contributed by atoms with Crippen molar-refractivity contribution in [3.8, 4) is 0 Å². The summed E-state index contributed by atoms with van der Waals surface area (Å²) in [6.07, 6.45) is -1.20. The minimum Gasteiger partial charge on any atom is -0.465 e. The molecule has 1 unspecified atom stereocenters. The number of carbonyl (C=O) groups is 2. The summed E-state index contributed by atoms with van der Waals surface area (Å²) < 4.78 is 4.72. The molecule has 1 fully saturated rings. The summed E-state index contributed by atoms with van der Waals surface area (Å²) in [4.78, 5) is 21.2. The van der Waals surface area contributed by atoms with Gasteiger partial charge in [0.2, 0.25) is 0 Å². The highest BCUT2D eigenvalue weighted by Gasteiger charge is 2.44. The van der Waals surface area contributed by atoms with Crippen LogP contribution in [0.25, 0.3) is 0 Å². The van der Waals surface area contributed by atoms with Crippen LogP contribution in [0.4, 0.5) is 4.79 Å². The zero-order chi connectivity index (χ0) is 9.35. The van der Waals surface area contributed by atoms with Crippen molar-refractivity contribution in [3.63, 3.8) is 0 Å². The molecule has 1 amide bonds. The van der Waals surface area contributed by atoms with Gasteiger partial charge in [-0.1, -0.05) is 13.8 Å². The minimum atomic E-state index is -1.20. The van der Waals surface area contributed by atoms with Crippen molar-refractivity contribution in [2.75, 3.05) is 6.61 Å². The summed E-state index contributed by atoms with van der Waals surface area (Å²) in [5.41, 5.74) is -0.449. The summed E-state index contributed by atoms with van der Waals surface area (Å²) in [5, 5.41) is 10.5. The van der Waals surface area contributed by atoms with E-state index >= 15 is 0 Å². The Morgan fingerprint density at radius 1 is 1.75 bits per heavy atom. The molecule has 0 radical (unpaired) electrons. The Labute approximate surface area is 69.7 Å². The number of rotatable bonds is 1. The van der Waals surface area contributed by atoms with Gasteiger partial charge in [0.1, 0.15) is 6.04 Å². The van der Waals surface area contributed by atoms with Crippen LogP contribution < -0.4 is 5.32 Å². The Kier molecular flexibility index (Phi) is 1.95. The second-order valence-corrected chi connectivity index (χ2v) is 3.48. The van der Waals surface area contributed by atoms with E-state index in [1.54, 1.807) is 13.8 Å². The van der Waals surface area contributed by atoms with Crippen LogP contribution in [0.5, 0.6) is 0 Å². The molecular weight excluding hydrogens is 162 g/mol. The molecule has 1 heterocycles. The van der Waals surface area contributed by atoms with Gasteiger partial charge in [0.05, 0.1) is 6.61 Å². The number of amides is 1. The predicted octanol–water partition coefficient (Wildman–Crippen LogP) is 0.206. The van der Waals surface area contributed by atoms with Crippen molar-refractivity contribution in [2.24, 2.45) is 5.41 Å². The van der Waals surface area contributed by atoms with E-state index in [-0.39, 0.29) is 6.61 Å². The zero-order valence-corrected chi connectivity index (χ0v) is 6.96. The molecule has 1 rings (SSSR count). The number of hydrogen-bond donors (Lipinski definition) is 2. The lowest BCUT2D eigenvalue weighted by Gasteiger charge is -2.20. The van der Waals surface area contributed by atoms with Crippen LogP contribution in [0.3, 0.4) is 0 Å². The number of nitrogens with one attached hydrogen (secondary N) is 1. The lowest BCUT2D eigenvalue weighted by atomic mass is 9.88. The van der Waals surface area contributed by atoms with E-state index in [1.165, 1.54) is 0 Å².